The Hall–Kier alpha value is -2.17. The van der Waals surface area contributed by atoms with Crippen molar-refractivity contribution in [2.75, 3.05) is 0 Å². The first-order valence-corrected chi connectivity index (χ1v) is 4.53. The number of carboxylic acid groups (broad SMARTS) is 1. The molecule has 1 aromatic carbocycles. The van der Waals surface area contributed by atoms with E-state index in [9.17, 15) is 9.18 Å². The fourth-order valence-corrected chi connectivity index (χ4v) is 1.30. The molecule has 0 bridgehead atoms. The van der Waals surface area contributed by atoms with Crippen molar-refractivity contribution in [1.82, 2.24) is 4.98 Å². The van der Waals surface area contributed by atoms with Gasteiger partial charge in [0.15, 0.2) is 5.69 Å². The zero-order chi connectivity index (χ0) is 11.7. The maximum absolute atomic E-state index is 13.4. The summed E-state index contributed by atoms with van der Waals surface area (Å²) in [6.45, 7) is 1.80. The standard InChI is InChI=1S/C11H8FNO3/c1-6-2-3-8(12)7(4-6)10-13-9(5-16-10)11(14)15/h2-5H,1H3,(H,14,15). The average molecular weight is 221 g/mol. The summed E-state index contributed by atoms with van der Waals surface area (Å²) in [5.41, 5.74) is 0.759. The van der Waals surface area contributed by atoms with Gasteiger partial charge in [-0.05, 0) is 19.1 Å². The Morgan fingerprint density at radius 1 is 1.50 bits per heavy atom. The molecule has 0 fully saturated rings. The Morgan fingerprint density at radius 3 is 2.88 bits per heavy atom. The van der Waals surface area contributed by atoms with Gasteiger partial charge >= 0.3 is 5.97 Å². The summed E-state index contributed by atoms with van der Waals surface area (Å²) in [6, 6.07) is 4.45. The van der Waals surface area contributed by atoms with Gasteiger partial charge in [0, 0.05) is 0 Å². The molecular formula is C11H8FNO3. The van der Waals surface area contributed by atoms with E-state index in [0.717, 1.165) is 11.8 Å². The smallest absolute Gasteiger partial charge is 0.357 e. The molecule has 2 aromatic rings. The van der Waals surface area contributed by atoms with E-state index in [1.54, 1.807) is 19.1 Å². The quantitative estimate of drug-likeness (QED) is 0.846. The van der Waals surface area contributed by atoms with E-state index in [2.05, 4.69) is 4.98 Å². The lowest BCUT2D eigenvalue weighted by Gasteiger charge is -1.99. The van der Waals surface area contributed by atoms with Gasteiger partial charge in [-0.15, -0.1) is 0 Å². The number of hydrogen-bond donors (Lipinski definition) is 1. The molecule has 16 heavy (non-hydrogen) atoms. The molecule has 1 aromatic heterocycles. The van der Waals surface area contributed by atoms with Crippen LogP contribution in [0.1, 0.15) is 16.1 Å². The second kappa shape index (κ2) is 3.77. The van der Waals surface area contributed by atoms with E-state index in [1.165, 1.54) is 6.07 Å². The lowest BCUT2D eigenvalue weighted by Crippen LogP contribution is -1.96. The molecule has 0 amide bonds. The molecule has 1 N–H and O–H groups in total. The maximum Gasteiger partial charge on any atom is 0.357 e. The molecule has 0 aliphatic carbocycles. The summed E-state index contributed by atoms with van der Waals surface area (Å²) in [7, 11) is 0. The fourth-order valence-electron chi connectivity index (χ4n) is 1.30. The Labute approximate surface area is 90.4 Å². The minimum Gasteiger partial charge on any atom is -0.476 e. The Kier molecular flexibility index (Phi) is 2.44. The van der Waals surface area contributed by atoms with Gasteiger partial charge in [-0.25, -0.2) is 14.2 Å². The zero-order valence-electron chi connectivity index (χ0n) is 8.40. The Balaban J connectivity index is 2.50. The van der Waals surface area contributed by atoms with Crippen LogP contribution in [0.25, 0.3) is 11.5 Å². The third-order valence-electron chi connectivity index (χ3n) is 2.08. The first kappa shape index (κ1) is 10.4. The lowest BCUT2D eigenvalue weighted by molar-refractivity contribution is 0.0690. The summed E-state index contributed by atoms with van der Waals surface area (Å²) in [4.78, 5) is 14.3. The van der Waals surface area contributed by atoms with Gasteiger partial charge < -0.3 is 9.52 Å². The monoisotopic (exact) mass is 221 g/mol. The highest BCUT2D eigenvalue weighted by Crippen LogP contribution is 2.23. The zero-order valence-corrected chi connectivity index (χ0v) is 8.40. The number of aromatic nitrogens is 1. The summed E-state index contributed by atoms with van der Waals surface area (Å²) in [5, 5.41) is 8.65. The van der Waals surface area contributed by atoms with Crippen molar-refractivity contribution in [2.24, 2.45) is 0 Å². The highest BCUT2D eigenvalue weighted by Gasteiger charge is 2.14. The predicted octanol–water partition coefficient (Wildman–Crippen LogP) is 2.49. The second-order valence-corrected chi connectivity index (χ2v) is 3.33. The number of oxazole rings is 1. The topological polar surface area (TPSA) is 63.3 Å². The van der Waals surface area contributed by atoms with Gasteiger partial charge in [0.05, 0.1) is 5.56 Å². The summed E-state index contributed by atoms with van der Waals surface area (Å²) in [6.07, 6.45) is 0.986. The molecular weight excluding hydrogens is 213 g/mol. The summed E-state index contributed by atoms with van der Waals surface area (Å²) < 4.78 is 18.3. The summed E-state index contributed by atoms with van der Waals surface area (Å²) >= 11 is 0. The molecule has 82 valence electrons. The Morgan fingerprint density at radius 2 is 2.25 bits per heavy atom. The molecule has 0 aliphatic rings. The molecule has 0 saturated heterocycles. The SMILES string of the molecule is Cc1ccc(F)c(-c2nc(C(=O)O)co2)c1. The number of rotatable bonds is 2. The molecule has 4 nitrogen and oxygen atoms in total. The van der Waals surface area contributed by atoms with Crippen LogP contribution in [0.3, 0.4) is 0 Å². The van der Waals surface area contributed by atoms with E-state index in [1.807, 2.05) is 0 Å². The normalized spacial score (nSPS) is 10.4. The molecule has 0 radical (unpaired) electrons. The van der Waals surface area contributed by atoms with Crippen LogP contribution in [0.5, 0.6) is 0 Å². The van der Waals surface area contributed by atoms with Gasteiger partial charge in [-0.3, -0.25) is 0 Å². The van der Waals surface area contributed by atoms with Crippen molar-refractivity contribution in [2.45, 2.75) is 6.92 Å². The molecule has 0 aliphatic heterocycles. The number of aryl methyl sites for hydroxylation is 1. The minimum absolute atomic E-state index is 0.0291. The van der Waals surface area contributed by atoms with Crippen molar-refractivity contribution >= 4 is 5.97 Å². The van der Waals surface area contributed by atoms with Crippen molar-refractivity contribution < 1.29 is 18.7 Å². The lowest BCUT2D eigenvalue weighted by atomic mass is 10.1. The highest BCUT2D eigenvalue weighted by molar-refractivity contribution is 5.85. The van der Waals surface area contributed by atoms with Crippen LogP contribution in [-0.4, -0.2) is 16.1 Å². The molecule has 1 heterocycles. The van der Waals surface area contributed by atoms with Crippen molar-refractivity contribution in [3.63, 3.8) is 0 Å². The Bertz CT molecular complexity index is 548. The molecule has 0 unspecified atom stereocenters. The third kappa shape index (κ3) is 1.79. The maximum atomic E-state index is 13.4. The third-order valence-corrected chi connectivity index (χ3v) is 2.08. The number of aromatic carboxylic acids is 1. The minimum atomic E-state index is -1.21. The van der Waals surface area contributed by atoms with Crippen LogP contribution in [0, 0.1) is 12.7 Å². The van der Waals surface area contributed by atoms with Gasteiger partial charge in [0.25, 0.3) is 0 Å². The van der Waals surface area contributed by atoms with Crippen LogP contribution in [0.2, 0.25) is 0 Å². The predicted molar refractivity (Wildman–Crippen MR) is 53.6 cm³/mol. The number of carbonyl (C=O) groups is 1. The van der Waals surface area contributed by atoms with Crippen LogP contribution in [0.15, 0.2) is 28.9 Å². The van der Waals surface area contributed by atoms with Crippen molar-refractivity contribution in [3.05, 3.63) is 41.5 Å². The largest absolute Gasteiger partial charge is 0.476 e. The first-order valence-electron chi connectivity index (χ1n) is 4.53. The second-order valence-electron chi connectivity index (χ2n) is 3.33. The number of hydrogen-bond acceptors (Lipinski definition) is 3. The number of carboxylic acids is 1. The van der Waals surface area contributed by atoms with E-state index < -0.39 is 11.8 Å². The van der Waals surface area contributed by atoms with Crippen LogP contribution in [-0.2, 0) is 0 Å². The molecule has 0 saturated carbocycles. The fraction of sp³-hybridized carbons (Fsp3) is 0.0909. The van der Waals surface area contributed by atoms with Crippen LogP contribution in [0.4, 0.5) is 4.39 Å². The van der Waals surface area contributed by atoms with Gasteiger partial charge in [-0.2, -0.15) is 0 Å². The van der Waals surface area contributed by atoms with E-state index in [4.69, 9.17) is 9.52 Å². The number of halogens is 1. The van der Waals surface area contributed by atoms with Crippen molar-refractivity contribution in [3.8, 4) is 11.5 Å². The molecule has 0 atom stereocenters. The van der Waals surface area contributed by atoms with Crippen molar-refractivity contribution in [1.29, 1.82) is 0 Å². The van der Waals surface area contributed by atoms with E-state index >= 15 is 0 Å². The van der Waals surface area contributed by atoms with E-state index in [-0.39, 0.29) is 17.1 Å². The van der Waals surface area contributed by atoms with E-state index in [0.29, 0.717) is 0 Å². The van der Waals surface area contributed by atoms with Gasteiger partial charge in [0.1, 0.15) is 12.1 Å². The average Bonchev–Trinajstić information content (AvgIpc) is 2.70. The van der Waals surface area contributed by atoms with Crippen LogP contribution >= 0.6 is 0 Å². The molecule has 5 heteroatoms. The van der Waals surface area contributed by atoms with Gasteiger partial charge in [-0.1, -0.05) is 11.6 Å². The number of nitrogens with zero attached hydrogens (tertiary/aromatic N) is 1. The highest BCUT2D eigenvalue weighted by atomic mass is 19.1. The van der Waals surface area contributed by atoms with Gasteiger partial charge in [0.2, 0.25) is 5.89 Å². The molecule has 0 spiro atoms. The summed E-state index contributed by atoms with van der Waals surface area (Å²) in [5.74, 6) is -1.73. The first-order chi connectivity index (χ1) is 7.58. The van der Waals surface area contributed by atoms with Crippen LogP contribution < -0.4 is 0 Å². The number of benzene rings is 1. The molecule has 2 rings (SSSR count).